The van der Waals surface area contributed by atoms with Gasteiger partial charge < -0.3 is 24.4 Å². The SMILES string of the molecule is CC1(C)O[C@H]2O[C@H](C(O)CC#N)[C@H](O)[C@H]2O1. The summed E-state index contributed by atoms with van der Waals surface area (Å²) in [6.07, 6.45) is -4.21. The van der Waals surface area contributed by atoms with Crippen LogP contribution in [0, 0.1) is 11.3 Å². The Labute approximate surface area is 93.3 Å². The molecule has 2 rings (SSSR count). The van der Waals surface area contributed by atoms with E-state index >= 15 is 0 Å². The zero-order valence-corrected chi connectivity index (χ0v) is 9.16. The molecule has 0 aromatic rings. The van der Waals surface area contributed by atoms with Crippen molar-refractivity contribution in [2.24, 2.45) is 0 Å². The van der Waals surface area contributed by atoms with Crippen LogP contribution in [0.4, 0.5) is 0 Å². The first-order valence-electron chi connectivity index (χ1n) is 5.19. The number of nitriles is 1. The van der Waals surface area contributed by atoms with E-state index in [1.807, 2.05) is 6.07 Å². The summed E-state index contributed by atoms with van der Waals surface area (Å²) in [6.45, 7) is 3.45. The topological polar surface area (TPSA) is 91.9 Å². The van der Waals surface area contributed by atoms with Crippen molar-refractivity contribution in [3.8, 4) is 6.07 Å². The first-order valence-corrected chi connectivity index (χ1v) is 5.19. The number of hydrogen-bond donors (Lipinski definition) is 2. The van der Waals surface area contributed by atoms with Crippen molar-refractivity contribution in [2.45, 2.75) is 56.8 Å². The van der Waals surface area contributed by atoms with E-state index in [2.05, 4.69) is 0 Å². The van der Waals surface area contributed by atoms with E-state index in [0.717, 1.165) is 0 Å². The molecule has 6 nitrogen and oxygen atoms in total. The van der Waals surface area contributed by atoms with Gasteiger partial charge in [-0.05, 0) is 13.8 Å². The molecule has 2 aliphatic heterocycles. The molecule has 0 aromatic carbocycles. The van der Waals surface area contributed by atoms with Gasteiger partial charge in [0.1, 0.15) is 18.3 Å². The van der Waals surface area contributed by atoms with E-state index in [9.17, 15) is 10.2 Å². The summed E-state index contributed by atoms with van der Waals surface area (Å²) >= 11 is 0. The molecule has 2 fully saturated rings. The van der Waals surface area contributed by atoms with E-state index in [4.69, 9.17) is 19.5 Å². The lowest BCUT2D eigenvalue weighted by Crippen LogP contribution is -2.40. The van der Waals surface area contributed by atoms with E-state index in [-0.39, 0.29) is 6.42 Å². The van der Waals surface area contributed by atoms with Crippen LogP contribution >= 0.6 is 0 Å². The van der Waals surface area contributed by atoms with Crippen LogP contribution in [0.3, 0.4) is 0 Å². The van der Waals surface area contributed by atoms with Crippen LogP contribution < -0.4 is 0 Å². The average Bonchev–Trinajstić information content (AvgIpc) is 2.62. The maximum absolute atomic E-state index is 9.89. The molecule has 0 radical (unpaired) electrons. The minimum absolute atomic E-state index is 0.0927. The molecule has 0 saturated carbocycles. The molecular weight excluding hydrogens is 214 g/mol. The Kier molecular flexibility index (Phi) is 2.90. The van der Waals surface area contributed by atoms with Crippen LogP contribution in [-0.4, -0.2) is 46.7 Å². The highest BCUT2D eigenvalue weighted by molar-refractivity contribution is 4.97. The molecule has 0 bridgehead atoms. The molecule has 5 atom stereocenters. The van der Waals surface area contributed by atoms with Crippen LogP contribution in [0.25, 0.3) is 0 Å². The molecular formula is C10H15NO5. The third-order valence-corrected chi connectivity index (χ3v) is 2.73. The van der Waals surface area contributed by atoms with Crippen molar-refractivity contribution in [1.82, 2.24) is 0 Å². The Morgan fingerprint density at radius 3 is 2.69 bits per heavy atom. The van der Waals surface area contributed by atoms with Gasteiger partial charge in [-0.15, -0.1) is 0 Å². The maximum atomic E-state index is 9.89. The number of ether oxygens (including phenoxy) is 3. The van der Waals surface area contributed by atoms with E-state index < -0.39 is 36.5 Å². The molecule has 6 heteroatoms. The van der Waals surface area contributed by atoms with Gasteiger partial charge in [-0.1, -0.05) is 0 Å². The molecule has 2 aliphatic rings. The van der Waals surface area contributed by atoms with E-state index in [1.54, 1.807) is 13.8 Å². The fourth-order valence-corrected chi connectivity index (χ4v) is 2.04. The third kappa shape index (κ3) is 1.93. The smallest absolute Gasteiger partial charge is 0.190 e. The minimum Gasteiger partial charge on any atom is -0.389 e. The Morgan fingerprint density at radius 2 is 2.12 bits per heavy atom. The Balaban J connectivity index is 2.03. The second kappa shape index (κ2) is 3.95. The van der Waals surface area contributed by atoms with Gasteiger partial charge in [0.2, 0.25) is 0 Å². The molecule has 1 unspecified atom stereocenters. The van der Waals surface area contributed by atoms with Crippen molar-refractivity contribution < 1.29 is 24.4 Å². The van der Waals surface area contributed by atoms with Gasteiger partial charge in [0.15, 0.2) is 12.1 Å². The second-order valence-electron chi connectivity index (χ2n) is 4.49. The molecule has 90 valence electrons. The quantitative estimate of drug-likeness (QED) is 0.663. The van der Waals surface area contributed by atoms with Crippen LogP contribution in [-0.2, 0) is 14.2 Å². The summed E-state index contributed by atoms with van der Waals surface area (Å²) in [5.74, 6) is -0.790. The molecule has 2 saturated heterocycles. The first kappa shape index (κ1) is 11.8. The van der Waals surface area contributed by atoms with Gasteiger partial charge in [-0.2, -0.15) is 5.26 Å². The molecule has 2 N–H and O–H groups in total. The maximum Gasteiger partial charge on any atom is 0.190 e. The first-order chi connectivity index (χ1) is 7.44. The number of aliphatic hydroxyl groups excluding tert-OH is 2. The van der Waals surface area contributed by atoms with Crippen LogP contribution in [0.15, 0.2) is 0 Å². The summed E-state index contributed by atoms with van der Waals surface area (Å²) in [5, 5.41) is 27.9. The highest BCUT2D eigenvalue weighted by Crippen LogP contribution is 2.38. The van der Waals surface area contributed by atoms with Gasteiger partial charge in [0, 0.05) is 0 Å². The summed E-state index contributed by atoms with van der Waals surface area (Å²) in [5.41, 5.74) is 0. The normalized spacial score (nSPS) is 42.7. The number of fused-ring (bicyclic) bond motifs is 1. The van der Waals surface area contributed by atoms with E-state index in [0.29, 0.717) is 0 Å². The summed E-state index contributed by atoms with van der Waals surface area (Å²) in [4.78, 5) is 0. The molecule has 2 heterocycles. The molecule has 0 aromatic heterocycles. The monoisotopic (exact) mass is 229 g/mol. The highest BCUT2D eigenvalue weighted by Gasteiger charge is 2.55. The predicted octanol–water partition coefficient (Wildman–Crippen LogP) is -0.502. The van der Waals surface area contributed by atoms with Gasteiger partial charge in [-0.3, -0.25) is 0 Å². The van der Waals surface area contributed by atoms with Crippen LogP contribution in [0.1, 0.15) is 20.3 Å². The summed E-state index contributed by atoms with van der Waals surface area (Å²) in [6, 6.07) is 1.82. The van der Waals surface area contributed by atoms with Crippen molar-refractivity contribution in [2.75, 3.05) is 0 Å². The Bertz CT molecular complexity index is 313. The highest BCUT2D eigenvalue weighted by atomic mass is 16.8. The standard InChI is InChI=1S/C10H15NO5/c1-10(2)15-8-6(13)7(5(12)3-4-11)14-9(8)16-10/h5-9,12-13H,3H2,1-2H3/t5?,6-,7+,8+,9+/m0/s1. The fraction of sp³-hybridized carbons (Fsp3) is 0.900. The Morgan fingerprint density at radius 1 is 1.44 bits per heavy atom. The zero-order chi connectivity index (χ0) is 11.9. The van der Waals surface area contributed by atoms with Crippen molar-refractivity contribution >= 4 is 0 Å². The average molecular weight is 229 g/mol. The fourth-order valence-electron chi connectivity index (χ4n) is 2.04. The summed E-state index contributed by atoms with van der Waals surface area (Å²) < 4.78 is 16.2. The lowest BCUT2D eigenvalue weighted by Gasteiger charge is -2.24. The van der Waals surface area contributed by atoms with Crippen molar-refractivity contribution in [1.29, 1.82) is 5.26 Å². The van der Waals surface area contributed by atoms with E-state index in [1.165, 1.54) is 0 Å². The number of aliphatic hydroxyl groups is 2. The Hall–Kier alpha value is -0.710. The number of hydrogen-bond acceptors (Lipinski definition) is 6. The van der Waals surface area contributed by atoms with Gasteiger partial charge in [0.25, 0.3) is 0 Å². The zero-order valence-electron chi connectivity index (χ0n) is 9.16. The van der Waals surface area contributed by atoms with Crippen LogP contribution in [0.2, 0.25) is 0 Å². The van der Waals surface area contributed by atoms with Gasteiger partial charge >= 0.3 is 0 Å². The van der Waals surface area contributed by atoms with Gasteiger partial charge in [-0.25, -0.2) is 0 Å². The van der Waals surface area contributed by atoms with Crippen molar-refractivity contribution in [3.63, 3.8) is 0 Å². The second-order valence-corrected chi connectivity index (χ2v) is 4.49. The molecule has 0 amide bonds. The number of rotatable bonds is 2. The molecule has 0 spiro atoms. The lowest BCUT2D eigenvalue weighted by atomic mass is 10.0. The van der Waals surface area contributed by atoms with Crippen LogP contribution in [0.5, 0.6) is 0 Å². The largest absolute Gasteiger partial charge is 0.389 e. The molecule has 0 aliphatic carbocycles. The van der Waals surface area contributed by atoms with Gasteiger partial charge in [0.05, 0.1) is 18.6 Å². The predicted molar refractivity (Wildman–Crippen MR) is 50.9 cm³/mol. The lowest BCUT2D eigenvalue weighted by molar-refractivity contribution is -0.225. The summed E-state index contributed by atoms with van der Waals surface area (Å²) in [7, 11) is 0. The van der Waals surface area contributed by atoms with Crippen molar-refractivity contribution in [3.05, 3.63) is 0 Å². The third-order valence-electron chi connectivity index (χ3n) is 2.73. The minimum atomic E-state index is -1.03. The number of nitrogens with zero attached hydrogens (tertiary/aromatic N) is 1. The molecule has 16 heavy (non-hydrogen) atoms.